The normalized spacial score (nSPS) is 19.4. The van der Waals surface area contributed by atoms with Crippen LogP contribution < -0.4 is 5.32 Å². The van der Waals surface area contributed by atoms with E-state index in [9.17, 15) is 0 Å². The number of furan rings is 2. The average molecular weight is 342 g/mol. The van der Waals surface area contributed by atoms with Crippen molar-refractivity contribution in [1.82, 2.24) is 10.3 Å². The second-order valence-electron chi connectivity index (χ2n) is 7.34. The van der Waals surface area contributed by atoms with Gasteiger partial charge in [0, 0.05) is 30.0 Å². The standard InChI is InChI=1S/C19H22N2O2S/c1-12-7-14-15(8-19(2,3)9-17(14)23-12)20-10-13-11-24-18(21-13)16-5-4-6-22-16/h4-7,11,15,20H,8-10H2,1-3H3/t15-/m0/s1. The van der Waals surface area contributed by atoms with Crippen LogP contribution in [0.5, 0.6) is 0 Å². The lowest BCUT2D eigenvalue weighted by Crippen LogP contribution is -2.32. The summed E-state index contributed by atoms with van der Waals surface area (Å²) in [6, 6.07) is 6.33. The first-order valence-electron chi connectivity index (χ1n) is 8.31. The Bertz CT molecular complexity index is 830. The predicted molar refractivity (Wildman–Crippen MR) is 94.9 cm³/mol. The minimum atomic E-state index is 0.246. The Kier molecular flexibility index (Phi) is 3.85. The summed E-state index contributed by atoms with van der Waals surface area (Å²) in [5, 5.41) is 6.70. The lowest BCUT2D eigenvalue weighted by molar-refractivity contribution is 0.233. The zero-order chi connectivity index (χ0) is 16.7. The minimum Gasteiger partial charge on any atom is -0.466 e. The molecule has 0 aromatic carbocycles. The molecule has 0 unspecified atom stereocenters. The van der Waals surface area contributed by atoms with Crippen LogP contribution in [0.25, 0.3) is 10.8 Å². The summed E-state index contributed by atoms with van der Waals surface area (Å²) in [7, 11) is 0. The van der Waals surface area contributed by atoms with Crippen molar-refractivity contribution in [3.63, 3.8) is 0 Å². The second kappa shape index (κ2) is 5.90. The van der Waals surface area contributed by atoms with Gasteiger partial charge in [-0.1, -0.05) is 13.8 Å². The third-order valence-corrected chi connectivity index (χ3v) is 5.46. The molecule has 1 aliphatic rings. The van der Waals surface area contributed by atoms with Gasteiger partial charge in [-0.15, -0.1) is 11.3 Å². The molecular formula is C19H22N2O2S. The molecule has 0 bridgehead atoms. The zero-order valence-electron chi connectivity index (χ0n) is 14.3. The number of aromatic nitrogens is 1. The summed E-state index contributed by atoms with van der Waals surface area (Å²) in [6.07, 6.45) is 3.80. The fourth-order valence-corrected chi connectivity index (χ4v) is 4.28. The average Bonchev–Trinajstić information content (AvgIpc) is 3.23. The number of fused-ring (bicyclic) bond motifs is 1. The molecule has 4 nitrogen and oxygen atoms in total. The fraction of sp³-hybridized carbons (Fsp3) is 0.421. The Morgan fingerprint density at radius 3 is 3.08 bits per heavy atom. The lowest BCUT2D eigenvalue weighted by atomic mass is 9.74. The van der Waals surface area contributed by atoms with Gasteiger partial charge in [0.2, 0.25) is 0 Å². The Labute approximate surface area is 145 Å². The summed E-state index contributed by atoms with van der Waals surface area (Å²) in [4.78, 5) is 4.67. The van der Waals surface area contributed by atoms with Gasteiger partial charge in [0.25, 0.3) is 0 Å². The van der Waals surface area contributed by atoms with Gasteiger partial charge in [-0.25, -0.2) is 4.98 Å². The van der Waals surface area contributed by atoms with Crippen molar-refractivity contribution in [2.24, 2.45) is 5.41 Å². The SMILES string of the molecule is Cc1cc2c(o1)CC(C)(C)C[C@@H]2NCc1csc(-c2ccco2)n1. The minimum absolute atomic E-state index is 0.246. The van der Waals surface area contributed by atoms with E-state index in [0.717, 1.165) is 47.4 Å². The van der Waals surface area contributed by atoms with E-state index in [1.807, 2.05) is 19.1 Å². The topological polar surface area (TPSA) is 51.2 Å². The summed E-state index contributed by atoms with van der Waals surface area (Å²) >= 11 is 1.62. The molecule has 1 aliphatic carbocycles. The number of nitrogens with one attached hydrogen (secondary N) is 1. The van der Waals surface area contributed by atoms with E-state index in [1.165, 1.54) is 5.56 Å². The van der Waals surface area contributed by atoms with Crippen molar-refractivity contribution < 1.29 is 8.83 Å². The predicted octanol–water partition coefficient (Wildman–Crippen LogP) is 5.11. The van der Waals surface area contributed by atoms with Crippen LogP contribution in [0.15, 0.2) is 38.7 Å². The highest BCUT2D eigenvalue weighted by atomic mass is 32.1. The smallest absolute Gasteiger partial charge is 0.162 e. The molecule has 1 N–H and O–H groups in total. The van der Waals surface area contributed by atoms with Crippen molar-refractivity contribution in [3.05, 3.63) is 52.6 Å². The molecular weight excluding hydrogens is 320 g/mol. The number of hydrogen-bond donors (Lipinski definition) is 1. The molecule has 24 heavy (non-hydrogen) atoms. The third kappa shape index (κ3) is 3.06. The highest BCUT2D eigenvalue weighted by Gasteiger charge is 2.34. The van der Waals surface area contributed by atoms with Crippen LogP contribution in [0.4, 0.5) is 0 Å². The van der Waals surface area contributed by atoms with Crippen molar-refractivity contribution in [2.75, 3.05) is 0 Å². The molecule has 126 valence electrons. The Morgan fingerprint density at radius 1 is 1.42 bits per heavy atom. The van der Waals surface area contributed by atoms with Crippen LogP contribution in [-0.2, 0) is 13.0 Å². The van der Waals surface area contributed by atoms with Crippen molar-refractivity contribution in [1.29, 1.82) is 0 Å². The third-order valence-electron chi connectivity index (χ3n) is 4.55. The van der Waals surface area contributed by atoms with Crippen molar-refractivity contribution in [3.8, 4) is 10.8 Å². The summed E-state index contributed by atoms with van der Waals surface area (Å²) in [6.45, 7) is 7.39. The molecule has 0 amide bonds. The summed E-state index contributed by atoms with van der Waals surface area (Å²) in [5.41, 5.74) is 2.61. The van der Waals surface area contributed by atoms with E-state index in [0.29, 0.717) is 6.04 Å². The van der Waals surface area contributed by atoms with Crippen molar-refractivity contribution in [2.45, 2.75) is 46.2 Å². The Hall–Kier alpha value is -1.85. The maximum Gasteiger partial charge on any atom is 0.162 e. The number of thiazole rings is 1. The van der Waals surface area contributed by atoms with E-state index in [4.69, 9.17) is 8.83 Å². The monoisotopic (exact) mass is 342 g/mol. The molecule has 0 saturated heterocycles. The lowest BCUT2D eigenvalue weighted by Gasteiger charge is -2.34. The van der Waals surface area contributed by atoms with E-state index >= 15 is 0 Å². The highest BCUT2D eigenvalue weighted by molar-refractivity contribution is 7.13. The molecule has 5 heteroatoms. The van der Waals surface area contributed by atoms with Crippen LogP contribution in [0.1, 0.15) is 49.1 Å². The second-order valence-corrected chi connectivity index (χ2v) is 8.19. The maximum atomic E-state index is 5.91. The largest absolute Gasteiger partial charge is 0.466 e. The van der Waals surface area contributed by atoms with Gasteiger partial charge < -0.3 is 14.2 Å². The molecule has 0 aliphatic heterocycles. The van der Waals surface area contributed by atoms with Crippen molar-refractivity contribution >= 4 is 11.3 Å². The molecule has 0 radical (unpaired) electrons. The van der Waals surface area contributed by atoms with Gasteiger partial charge in [0.1, 0.15) is 11.5 Å². The number of rotatable bonds is 4. The van der Waals surface area contributed by atoms with Gasteiger partial charge in [0.05, 0.1) is 12.0 Å². The van der Waals surface area contributed by atoms with Gasteiger partial charge in [-0.05, 0) is 37.0 Å². The van der Waals surface area contributed by atoms with Crippen LogP contribution in [0, 0.1) is 12.3 Å². The molecule has 0 saturated carbocycles. The van der Waals surface area contributed by atoms with Gasteiger partial charge in [-0.3, -0.25) is 0 Å². The van der Waals surface area contributed by atoms with Crippen LogP contribution >= 0.6 is 11.3 Å². The zero-order valence-corrected chi connectivity index (χ0v) is 15.1. The molecule has 4 rings (SSSR count). The highest BCUT2D eigenvalue weighted by Crippen LogP contribution is 2.42. The number of nitrogens with zero attached hydrogens (tertiary/aromatic N) is 1. The first-order chi connectivity index (χ1) is 11.5. The molecule has 1 atom stereocenters. The molecule has 0 spiro atoms. The van der Waals surface area contributed by atoms with Crippen LogP contribution in [0.2, 0.25) is 0 Å². The number of aryl methyl sites for hydroxylation is 1. The molecule has 0 fully saturated rings. The first kappa shape index (κ1) is 15.7. The van der Waals surface area contributed by atoms with Gasteiger partial charge in [-0.2, -0.15) is 0 Å². The summed E-state index contributed by atoms with van der Waals surface area (Å²) in [5.74, 6) is 2.96. The summed E-state index contributed by atoms with van der Waals surface area (Å²) < 4.78 is 11.3. The molecule has 3 aromatic heterocycles. The Balaban J connectivity index is 1.49. The molecule has 3 heterocycles. The number of hydrogen-bond acceptors (Lipinski definition) is 5. The van der Waals surface area contributed by atoms with E-state index in [1.54, 1.807) is 17.6 Å². The van der Waals surface area contributed by atoms with Gasteiger partial charge >= 0.3 is 0 Å². The maximum absolute atomic E-state index is 5.91. The molecule has 3 aromatic rings. The fourth-order valence-electron chi connectivity index (χ4n) is 3.50. The van der Waals surface area contributed by atoms with E-state index in [-0.39, 0.29) is 5.41 Å². The van der Waals surface area contributed by atoms with Crippen LogP contribution in [0.3, 0.4) is 0 Å². The van der Waals surface area contributed by atoms with E-state index < -0.39 is 0 Å². The first-order valence-corrected chi connectivity index (χ1v) is 9.19. The van der Waals surface area contributed by atoms with Crippen LogP contribution in [-0.4, -0.2) is 4.98 Å². The Morgan fingerprint density at radius 2 is 2.29 bits per heavy atom. The quantitative estimate of drug-likeness (QED) is 0.716. The van der Waals surface area contributed by atoms with Gasteiger partial charge in [0.15, 0.2) is 10.8 Å². The van der Waals surface area contributed by atoms with E-state index in [2.05, 4.69) is 35.6 Å².